The number of thiophene rings is 1. The van der Waals surface area contributed by atoms with Crippen LogP contribution in [0.1, 0.15) is 28.8 Å². The zero-order valence-corrected chi connectivity index (χ0v) is 17.8. The number of halogens is 1. The van der Waals surface area contributed by atoms with E-state index in [9.17, 15) is 9.59 Å². The van der Waals surface area contributed by atoms with Crippen molar-refractivity contribution in [1.82, 2.24) is 24.5 Å². The van der Waals surface area contributed by atoms with Crippen molar-refractivity contribution in [2.24, 2.45) is 0 Å². The van der Waals surface area contributed by atoms with Gasteiger partial charge in [-0.3, -0.25) is 4.79 Å². The molecule has 1 N–H and O–H groups in total. The highest BCUT2D eigenvalue weighted by Crippen LogP contribution is 2.36. The predicted molar refractivity (Wildman–Crippen MR) is 117 cm³/mol. The molecular weight excluding hydrogens is 422 g/mol. The maximum absolute atomic E-state index is 12.8. The maximum Gasteiger partial charge on any atom is 0.352 e. The topological polar surface area (TPSA) is 81.3 Å². The molecule has 4 aromatic rings. The minimum Gasteiger partial charge on any atom is -0.354 e. The smallest absolute Gasteiger partial charge is 0.352 e. The van der Waals surface area contributed by atoms with E-state index in [1.165, 1.54) is 32.3 Å². The van der Waals surface area contributed by atoms with E-state index >= 15 is 0 Å². The summed E-state index contributed by atoms with van der Waals surface area (Å²) in [6.45, 7) is 0.362. The minimum atomic E-state index is -0.344. The van der Waals surface area contributed by atoms with E-state index in [0.29, 0.717) is 23.6 Å². The van der Waals surface area contributed by atoms with E-state index in [2.05, 4.69) is 15.4 Å². The number of carbonyl (C=O) groups excluding carboxylic acids is 1. The van der Waals surface area contributed by atoms with Crippen LogP contribution < -0.4 is 11.0 Å². The Labute approximate surface area is 181 Å². The van der Waals surface area contributed by atoms with Gasteiger partial charge in [0, 0.05) is 16.4 Å². The molecule has 3 aromatic heterocycles. The van der Waals surface area contributed by atoms with E-state index in [1.54, 1.807) is 11.3 Å². The first-order valence-electron chi connectivity index (χ1n) is 10.00. The van der Waals surface area contributed by atoms with Gasteiger partial charge < -0.3 is 5.32 Å². The van der Waals surface area contributed by atoms with E-state index < -0.39 is 0 Å². The van der Waals surface area contributed by atoms with Crippen LogP contribution in [0, 0.1) is 0 Å². The van der Waals surface area contributed by atoms with Gasteiger partial charge in [-0.2, -0.15) is 0 Å². The van der Waals surface area contributed by atoms with Crippen molar-refractivity contribution in [2.75, 3.05) is 6.54 Å². The molecule has 0 atom stereocenters. The van der Waals surface area contributed by atoms with Gasteiger partial charge >= 0.3 is 5.69 Å². The summed E-state index contributed by atoms with van der Waals surface area (Å²) in [5.74, 6) is -0.244. The highest BCUT2D eigenvalue weighted by molar-refractivity contribution is 7.19. The number of benzene rings is 1. The van der Waals surface area contributed by atoms with Gasteiger partial charge in [-0.05, 0) is 55.4 Å². The van der Waals surface area contributed by atoms with Crippen LogP contribution in [0.2, 0.25) is 5.02 Å². The van der Waals surface area contributed by atoms with Crippen molar-refractivity contribution in [3.8, 4) is 0 Å². The number of carbonyl (C=O) groups is 1. The summed E-state index contributed by atoms with van der Waals surface area (Å²) in [7, 11) is 0. The molecule has 0 unspecified atom stereocenters. The van der Waals surface area contributed by atoms with Crippen LogP contribution in [0.5, 0.6) is 0 Å². The first kappa shape index (κ1) is 19.3. The summed E-state index contributed by atoms with van der Waals surface area (Å²) in [6.07, 6.45) is 6.58. The van der Waals surface area contributed by atoms with E-state index in [4.69, 9.17) is 11.6 Å². The largest absolute Gasteiger partial charge is 0.354 e. The summed E-state index contributed by atoms with van der Waals surface area (Å²) in [6, 6.07) is 7.52. The van der Waals surface area contributed by atoms with Crippen LogP contribution in [0.15, 0.2) is 35.4 Å². The highest BCUT2D eigenvalue weighted by atomic mass is 35.5. The maximum atomic E-state index is 12.8. The van der Waals surface area contributed by atoms with E-state index in [0.717, 1.165) is 35.0 Å². The summed E-state index contributed by atoms with van der Waals surface area (Å²) in [5, 5.41) is 9.00. The lowest BCUT2D eigenvalue weighted by atomic mass is 9.97. The van der Waals surface area contributed by atoms with Crippen LogP contribution >= 0.6 is 22.9 Å². The van der Waals surface area contributed by atoms with Gasteiger partial charge in [-0.25, -0.2) is 18.9 Å². The van der Waals surface area contributed by atoms with Crippen molar-refractivity contribution in [3.05, 3.63) is 62.1 Å². The second kappa shape index (κ2) is 7.85. The number of hydrogen-bond acceptors (Lipinski definition) is 5. The Balaban J connectivity index is 1.35. The van der Waals surface area contributed by atoms with Crippen LogP contribution in [-0.4, -0.2) is 31.6 Å². The predicted octanol–water partition coefficient (Wildman–Crippen LogP) is 3.00. The summed E-state index contributed by atoms with van der Waals surface area (Å²) >= 11 is 7.58. The van der Waals surface area contributed by atoms with Gasteiger partial charge in [0.15, 0.2) is 5.65 Å². The fraction of sp³-hybridized carbons (Fsp3) is 0.333. The lowest BCUT2D eigenvalue weighted by Crippen LogP contribution is -2.33. The standard InChI is InChI=1S/C21H20ClN5O2S/c22-14-7-5-13(6-8-14)9-10-23-17(28)11-27-21(29)26-12-24-20-18(19(26)25-27)15-3-1-2-4-16(15)30-20/h5-8,12H,1-4,9-11H2,(H,23,28). The summed E-state index contributed by atoms with van der Waals surface area (Å²) in [5.41, 5.74) is 2.60. The molecule has 0 spiro atoms. The first-order valence-corrected chi connectivity index (χ1v) is 11.2. The molecule has 0 saturated heterocycles. The Kier molecular flexibility index (Phi) is 5.04. The lowest BCUT2D eigenvalue weighted by molar-refractivity contribution is -0.121. The van der Waals surface area contributed by atoms with Crippen molar-refractivity contribution in [2.45, 2.75) is 38.6 Å². The molecule has 30 heavy (non-hydrogen) atoms. The number of amides is 1. The zero-order chi connectivity index (χ0) is 20.7. The SMILES string of the molecule is O=C(Cn1nc2c3c4c(sc3ncn2c1=O)CCCC4)NCCc1ccc(Cl)cc1. The average molecular weight is 442 g/mol. The fourth-order valence-electron chi connectivity index (χ4n) is 3.97. The number of hydrogen-bond donors (Lipinski definition) is 1. The van der Waals surface area contributed by atoms with Gasteiger partial charge in [-0.1, -0.05) is 23.7 Å². The number of nitrogens with one attached hydrogen (secondary N) is 1. The highest BCUT2D eigenvalue weighted by Gasteiger charge is 2.21. The molecule has 0 saturated carbocycles. The van der Waals surface area contributed by atoms with Gasteiger partial charge in [0.25, 0.3) is 0 Å². The Morgan fingerprint density at radius 3 is 2.83 bits per heavy atom. The average Bonchev–Trinajstić information content (AvgIpc) is 3.27. The number of nitrogens with zero attached hydrogens (tertiary/aromatic N) is 4. The summed E-state index contributed by atoms with van der Waals surface area (Å²) in [4.78, 5) is 31.9. The van der Waals surface area contributed by atoms with Gasteiger partial charge in [-0.15, -0.1) is 16.4 Å². The number of fused-ring (bicyclic) bond motifs is 5. The van der Waals surface area contributed by atoms with E-state index in [1.807, 2.05) is 24.3 Å². The molecule has 0 fully saturated rings. The van der Waals surface area contributed by atoms with Gasteiger partial charge in [0.05, 0.1) is 5.39 Å². The molecule has 3 heterocycles. The molecule has 1 aromatic carbocycles. The molecule has 7 nitrogen and oxygen atoms in total. The molecule has 0 radical (unpaired) electrons. The zero-order valence-electron chi connectivity index (χ0n) is 16.2. The van der Waals surface area contributed by atoms with Crippen molar-refractivity contribution >= 4 is 44.7 Å². The number of rotatable bonds is 5. The van der Waals surface area contributed by atoms with Gasteiger partial charge in [0.2, 0.25) is 5.91 Å². The number of aryl methyl sites for hydroxylation is 2. The van der Waals surface area contributed by atoms with Crippen LogP contribution in [0.25, 0.3) is 15.9 Å². The third-order valence-electron chi connectivity index (χ3n) is 5.48. The fourth-order valence-corrected chi connectivity index (χ4v) is 5.32. The molecule has 0 aliphatic heterocycles. The Morgan fingerprint density at radius 2 is 2.00 bits per heavy atom. The third-order valence-corrected chi connectivity index (χ3v) is 6.93. The normalized spacial score (nSPS) is 13.6. The molecule has 1 aliphatic carbocycles. The number of aromatic nitrogens is 4. The van der Waals surface area contributed by atoms with Crippen molar-refractivity contribution in [1.29, 1.82) is 0 Å². The molecule has 0 bridgehead atoms. The summed E-state index contributed by atoms with van der Waals surface area (Å²) < 4.78 is 2.67. The molecule has 5 rings (SSSR count). The monoisotopic (exact) mass is 441 g/mol. The van der Waals surface area contributed by atoms with Crippen LogP contribution in [-0.2, 0) is 30.6 Å². The van der Waals surface area contributed by atoms with E-state index in [-0.39, 0.29) is 18.1 Å². The molecule has 1 amide bonds. The quantitative estimate of drug-likeness (QED) is 0.516. The van der Waals surface area contributed by atoms with Crippen molar-refractivity contribution < 1.29 is 4.79 Å². The molecular formula is C21H20ClN5O2S. The third kappa shape index (κ3) is 3.50. The molecule has 9 heteroatoms. The molecule has 154 valence electrons. The van der Waals surface area contributed by atoms with Crippen molar-refractivity contribution in [3.63, 3.8) is 0 Å². The second-order valence-electron chi connectivity index (χ2n) is 7.50. The Morgan fingerprint density at radius 1 is 1.20 bits per heavy atom. The Bertz CT molecular complexity index is 1310. The molecule has 1 aliphatic rings. The lowest BCUT2D eigenvalue weighted by Gasteiger charge is -2.09. The van der Waals surface area contributed by atoms with Crippen LogP contribution in [0.4, 0.5) is 0 Å². The van der Waals surface area contributed by atoms with Crippen LogP contribution in [0.3, 0.4) is 0 Å². The van der Waals surface area contributed by atoms with Gasteiger partial charge in [0.1, 0.15) is 17.7 Å². The first-order chi connectivity index (χ1) is 14.6. The Hall–Kier alpha value is -2.71. The minimum absolute atomic E-state index is 0.116. The second-order valence-corrected chi connectivity index (χ2v) is 9.02.